The molecule has 144 valence electrons. The van der Waals surface area contributed by atoms with Crippen LogP contribution in [0.15, 0.2) is 4.99 Å². The first-order chi connectivity index (χ1) is 12.0. The number of rotatable bonds is 12. The van der Waals surface area contributed by atoms with E-state index in [1.807, 2.05) is 18.7 Å². The van der Waals surface area contributed by atoms with E-state index in [1.165, 1.54) is 19.3 Å². The van der Waals surface area contributed by atoms with Crippen LogP contribution in [-0.4, -0.2) is 34.8 Å². The smallest absolute Gasteiger partial charge is 0.149 e. The van der Waals surface area contributed by atoms with Gasteiger partial charge in [-0.3, -0.25) is 14.6 Å². The average molecular weight is 368 g/mol. The van der Waals surface area contributed by atoms with Crippen molar-refractivity contribution in [3.05, 3.63) is 0 Å². The number of Topliss-reactive ketones (excluding diaryl/α,β-unsaturated/α-hetero) is 2. The summed E-state index contributed by atoms with van der Waals surface area (Å²) in [6.45, 7) is 9.39. The maximum absolute atomic E-state index is 12.7. The molecule has 25 heavy (non-hydrogen) atoms. The Morgan fingerprint density at radius 3 is 2.56 bits per heavy atom. The van der Waals surface area contributed by atoms with Gasteiger partial charge in [0.05, 0.1) is 0 Å². The van der Waals surface area contributed by atoms with E-state index in [0.29, 0.717) is 24.0 Å². The third-order valence-corrected chi connectivity index (χ3v) is 6.00. The summed E-state index contributed by atoms with van der Waals surface area (Å²) in [6.07, 6.45) is 8.44. The van der Waals surface area contributed by atoms with Crippen molar-refractivity contribution in [2.75, 3.05) is 12.3 Å². The fourth-order valence-corrected chi connectivity index (χ4v) is 4.71. The van der Waals surface area contributed by atoms with Gasteiger partial charge in [0.25, 0.3) is 0 Å². The van der Waals surface area contributed by atoms with Crippen molar-refractivity contribution >= 4 is 29.0 Å². The summed E-state index contributed by atoms with van der Waals surface area (Å²) >= 11 is 1.95. The van der Waals surface area contributed by atoms with Gasteiger partial charge in [0.15, 0.2) is 0 Å². The van der Waals surface area contributed by atoms with Gasteiger partial charge in [-0.25, -0.2) is 0 Å². The molecule has 0 aromatic carbocycles. The van der Waals surface area contributed by atoms with E-state index in [2.05, 4.69) is 20.8 Å². The number of ketones is 2. The topological polar surface area (TPSA) is 46.5 Å². The summed E-state index contributed by atoms with van der Waals surface area (Å²) < 4.78 is 0. The molecule has 0 bridgehead atoms. The van der Waals surface area contributed by atoms with Crippen molar-refractivity contribution in [3.63, 3.8) is 0 Å². The zero-order valence-corrected chi connectivity index (χ0v) is 17.5. The van der Waals surface area contributed by atoms with Gasteiger partial charge in [0.1, 0.15) is 17.5 Å². The van der Waals surface area contributed by atoms with Crippen LogP contribution in [0.1, 0.15) is 85.5 Å². The lowest BCUT2D eigenvalue weighted by Crippen LogP contribution is -2.39. The first kappa shape index (κ1) is 22.4. The van der Waals surface area contributed by atoms with Crippen LogP contribution in [0.5, 0.6) is 0 Å². The Hall–Kier alpha value is -0.640. The lowest BCUT2D eigenvalue weighted by Gasteiger charge is -2.30. The normalized spacial score (nSPS) is 23.8. The molecular formula is C21H37NO2S. The number of hydrogen-bond acceptors (Lipinski definition) is 4. The summed E-state index contributed by atoms with van der Waals surface area (Å²) in [4.78, 5) is 29.9. The maximum Gasteiger partial charge on any atom is 0.149 e. The van der Waals surface area contributed by atoms with E-state index in [4.69, 9.17) is 4.99 Å². The largest absolute Gasteiger partial charge is 0.298 e. The number of carbonyl (C=O) groups is 2. The fourth-order valence-electron chi connectivity index (χ4n) is 3.74. The minimum Gasteiger partial charge on any atom is -0.298 e. The maximum atomic E-state index is 12.7. The number of unbranched alkanes of at least 4 members (excludes halogenated alkanes) is 3. The Bertz CT molecular complexity index is 447. The zero-order chi connectivity index (χ0) is 18.7. The Kier molecular flexibility index (Phi) is 11.4. The van der Waals surface area contributed by atoms with E-state index in [1.54, 1.807) is 0 Å². The van der Waals surface area contributed by atoms with E-state index in [0.717, 1.165) is 43.7 Å². The molecule has 4 heteroatoms. The summed E-state index contributed by atoms with van der Waals surface area (Å²) in [6, 6.07) is 0. The predicted molar refractivity (Wildman–Crippen MR) is 110 cm³/mol. The van der Waals surface area contributed by atoms with Gasteiger partial charge >= 0.3 is 0 Å². The highest BCUT2D eigenvalue weighted by Gasteiger charge is 2.37. The molecule has 0 aromatic rings. The van der Waals surface area contributed by atoms with Gasteiger partial charge in [-0.1, -0.05) is 47.0 Å². The first-order valence-corrected chi connectivity index (χ1v) is 11.3. The van der Waals surface area contributed by atoms with Crippen LogP contribution in [0, 0.1) is 11.8 Å². The lowest BCUT2D eigenvalue weighted by molar-refractivity contribution is -0.131. The summed E-state index contributed by atoms with van der Waals surface area (Å²) in [5, 5.41) is 0.566. The molecule has 1 rings (SSSR count). The number of nitrogens with zero attached hydrogens (tertiary/aromatic N) is 1. The first-order valence-electron chi connectivity index (χ1n) is 10.2. The van der Waals surface area contributed by atoms with Crippen LogP contribution in [0.4, 0.5) is 0 Å². The van der Waals surface area contributed by atoms with E-state index < -0.39 is 5.92 Å². The third-order valence-electron chi connectivity index (χ3n) is 4.90. The molecule has 0 spiro atoms. The van der Waals surface area contributed by atoms with E-state index in [-0.39, 0.29) is 11.6 Å². The molecule has 1 fully saturated rings. The number of carbonyl (C=O) groups excluding carboxylic acids is 2. The molecule has 0 heterocycles. The highest BCUT2D eigenvalue weighted by molar-refractivity contribution is 7.99. The monoisotopic (exact) mass is 367 g/mol. The summed E-state index contributed by atoms with van der Waals surface area (Å²) in [5.74, 6) is 1.15. The van der Waals surface area contributed by atoms with Crippen molar-refractivity contribution in [3.8, 4) is 0 Å². The molecule has 3 nitrogen and oxygen atoms in total. The molecule has 1 aliphatic carbocycles. The molecular weight excluding hydrogens is 330 g/mol. The van der Waals surface area contributed by atoms with Crippen molar-refractivity contribution in [1.82, 2.24) is 0 Å². The standard InChI is InChI=1S/C21H37NO2S/c1-5-8-9-10-12-22-18-14-17(13-16(4)25-7-3)15-20(24)21(18)19(23)11-6-2/h16-17,21H,5-15H2,1-4H3/t16-,17+,21?/m1/s1. The molecule has 0 amide bonds. The van der Waals surface area contributed by atoms with Gasteiger partial charge in [-0.05, 0) is 37.4 Å². The summed E-state index contributed by atoms with van der Waals surface area (Å²) in [7, 11) is 0. The lowest BCUT2D eigenvalue weighted by atomic mass is 9.75. The second-order valence-electron chi connectivity index (χ2n) is 7.33. The molecule has 0 N–H and O–H groups in total. The molecule has 1 unspecified atom stereocenters. The number of thioether (sulfide) groups is 1. The van der Waals surface area contributed by atoms with Crippen LogP contribution in [0.2, 0.25) is 0 Å². The van der Waals surface area contributed by atoms with Crippen molar-refractivity contribution in [2.45, 2.75) is 90.7 Å². The van der Waals surface area contributed by atoms with Gasteiger partial charge in [0, 0.05) is 30.3 Å². The predicted octanol–water partition coefficient (Wildman–Crippen LogP) is 5.50. The average Bonchev–Trinajstić information content (AvgIpc) is 2.54. The van der Waals surface area contributed by atoms with Crippen molar-refractivity contribution < 1.29 is 9.59 Å². The quantitative estimate of drug-likeness (QED) is 0.338. The second kappa shape index (κ2) is 12.7. The molecule has 0 saturated heterocycles. The Balaban J connectivity index is 2.77. The minimum atomic E-state index is -0.531. The second-order valence-corrected chi connectivity index (χ2v) is 9.04. The molecule has 3 atom stereocenters. The molecule has 1 saturated carbocycles. The highest BCUT2D eigenvalue weighted by atomic mass is 32.2. The highest BCUT2D eigenvalue weighted by Crippen LogP contribution is 2.31. The Labute approximate surface area is 158 Å². The Morgan fingerprint density at radius 1 is 1.16 bits per heavy atom. The van der Waals surface area contributed by atoms with E-state index >= 15 is 0 Å². The molecule has 1 aliphatic rings. The zero-order valence-electron chi connectivity index (χ0n) is 16.7. The van der Waals surface area contributed by atoms with Crippen LogP contribution < -0.4 is 0 Å². The molecule has 0 aromatic heterocycles. The third kappa shape index (κ3) is 8.06. The number of aliphatic imine (C=N–C) groups is 1. The van der Waals surface area contributed by atoms with E-state index in [9.17, 15) is 9.59 Å². The van der Waals surface area contributed by atoms with Crippen LogP contribution in [-0.2, 0) is 9.59 Å². The van der Waals surface area contributed by atoms with Gasteiger partial charge in [0.2, 0.25) is 0 Å². The van der Waals surface area contributed by atoms with Crippen molar-refractivity contribution in [2.24, 2.45) is 16.8 Å². The van der Waals surface area contributed by atoms with Gasteiger partial charge in [-0.15, -0.1) is 0 Å². The van der Waals surface area contributed by atoms with Crippen LogP contribution in [0.25, 0.3) is 0 Å². The summed E-state index contributed by atoms with van der Waals surface area (Å²) in [5.41, 5.74) is 0.893. The SMILES string of the molecule is CCCCCCN=C1C[C@H](C[C@@H](C)SCC)CC(=O)C1C(=O)CCC. The molecule has 0 radical (unpaired) electrons. The minimum absolute atomic E-state index is 0.0919. The van der Waals surface area contributed by atoms with Crippen LogP contribution >= 0.6 is 11.8 Å². The fraction of sp³-hybridized carbons (Fsp3) is 0.857. The number of hydrogen-bond donors (Lipinski definition) is 0. The van der Waals surface area contributed by atoms with Crippen molar-refractivity contribution in [1.29, 1.82) is 0 Å². The Morgan fingerprint density at radius 2 is 1.92 bits per heavy atom. The van der Waals surface area contributed by atoms with Crippen LogP contribution in [0.3, 0.4) is 0 Å². The molecule has 0 aliphatic heterocycles. The van der Waals surface area contributed by atoms with Gasteiger partial charge < -0.3 is 0 Å². The van der Waals surface area contributed by atoms with Gasteiger partial charge in [-0.2, -0.15) is 11.8 Å².